The molecule has 1 saturated heterocycles. The average molecular weight is 524 g/mol. The van der Waals surface area contributed by atoms with Gasteiger partial charge in [0, 0.05) is 41.3 Å². The molecule has 2 amide bonds. The van der Waals surface area contributed by atoms with Gasteiger partial charge in [-0.25, -0.2) is 4.79 Å². The number of benzene rings is 3. The molecule has 0 saturated carbocycles. The van der Waals surface area contributed by atoms with Crippen molar-refractivity contribution in [3.63, 3.8) is 0 Å². The van der Waals surface area contributed by atoms with Crippen molar-refractivity contribution in [2.75, 3.05) is 6.54 Å². The number of hydrogen-bond donors (Lipinski definition) is 2. The highest BCUT2D eigenvalue weighted by Crippen LogP contribution is 2.29. The van der Waals surface area contributed by atoms with Crippen LogP contribution in [0.1, 0.15) is 57.3 Å². The van der Waals surface area contributed by atoms with Gasteiger partial charge in [0.15, 0.2) is 0 Å². The summed E-state index contributed by atoms with van der Waals surface area (Å²) in [6.45, 7) is 7.52. The molecule has 39 heavy (non-hydrogen) atoms. The van der Waals surface area contributed by atoms with Crippen LogP contribution in [0.15, 0.2) is 66.7 Å². The van der Waals surface area contributed by atoms with Crippen molar-refractivity contribution in [3.8, 4) is 11.1 Å². The molecule has 1 aromatic heterocycles. The van der Waals surface area contributed by atoms with E-state index in [2.05, 4.69) is 23.7 Å². The van der Waals surface area contributed by atoms with Gasteiger partial charge in [-0.1, -0.05) is 42.5 Å². The van der Waals surface area contributed by atoms with Crippen LogP contribution in [0.25, 0.3) is 22.0 Å². The van der Waals surface area contributed by atoms with Gasteiger partial charge in [-0.05, 0) is 80.1 Å². The van der Waals surface area contributed by atoms with Crippen LogP contribution in [-0.2, 0) is 11.3 Å². The van der Waals surface area contributed by atoms with Crippen LogP contribution >= 0.6 is 0 Å². The summed E-state index contributed by atoms with van der Waals surface area (Å²) in [7, 11) is 0. The normalized spacial score (nSPS) is 15.9. The Morgan fingerprint density at radius 2 is 1.82 bits per heavy atom. The first-order chi connectivity index (χ1) is 18.8. The minimum atomic E-state index is -0.941. The number of carboxylic acid groups (broad SMARTS) is 1. The highest BCUT2D eigenvalue weighted by Gasteiger charge is 2.29. The third-order valence-corrected chi connectivity index (χ3v) is 8.08. The second-order valence-corrected chi connectivity index (χ2v) is 10.4. The number of aromatic carboxylic acids is 1. The Morgan fingerprint density at radius 3 is 2.54 bits per heavy atom. The molecule has 1 aliphatic heterocycles. The van der Waals surface area contributed by atoms with Gasteiger partial charge in [0.05, 0.1) is 11.6 Å². The number of aromatic nitrogens is 1. The van der Waals surface area contributed by atoms with Crippen LogP contribution in [0.3, 0.4) is 0 Å². The average Bonchev–Trinajstić information content (AvgIpc) is 3.52. The number of carbonyl (C=O) groups excluding carboxylic acids is 2. The molecule has 2 heterocycles. The zero-order chi connectivity index (χ0) is 27.7. The Morgan fingerprint density at radius 1 is 1.08 bits per heavy atom. The molecule has 0 bridgehead atoms. The minimum absolute atomic E-state index is 0.0317. The van der Waals surface area contributed by atoms with Crippen molar-refractivity contribution in [1.82, 2.24) is 14.8 Å². The number of nitrogens with zero attached hydrogens (tertiary/aromatic N) is 2. The lowest BCUT2D eigenvalue weighted by Crippen LogP contribution is -2.46. The highest BCUT2D eigenvalue weighted by atomic mass is 16.4. The van der Waals surface area contributed by atoms with E-state index in [1.54, 1.807) is 17.0 Å². The van der Waals surface area contributed by atoms with E-state index in [4.69, 9.17) is 0 Å². The number of hydrogen-bond acceptors (Lipinski definition) is 3. The number of carbonyl (C=O) groups is 3. The van der Waals surface area contributed by atoms with Gasteiger partial charge in [-0.2, -0.15) is 0 Å². The fraction of sp³-hybridized carbons (Fsp3) is 0.281. The number of likely N-dealkylation sites (tertiary alicyclic amines) is 1. The number of nitrogens with one attached hydrogen (secondary N) is 1. The summed E-state index contributed by atoms with van der Waals surface area (Å²) >= 11 is 0. The number of fused-ring (bicyclic) bond motifs is 1. The van der Waals surface area contributed by atoms with E-state index >= 15 is 0 Å². The Balaban J connectivity index is 1.37. The molecule has 5 rings (SSSR count). The summed E-state index contributed by atoms with van der Waals surface area (Å²) in [5, 5.41) is 13.7. The molecule has 3 aromatic carbocycles. The van der Waals surface area contributed by atoms with E-state index in [1.165, 1.54) is 0 Å². The Labute approximate surface area is 228 Å². The maximum absolute atomic E-state index is 13.1. The maximum Gasteiger partial charge on any atom is 0.336 e. The zero-order valence-electron chi connectivity index (χ0n) is 22.5. The van der Waals surface area contributed by atoms with Crippen LogP contribution in [0.2, 0.25) is 0 Å². The molecule has 200 valence electrons. The molecule has 2 N–H and O–H groups in total. The van der Waals surface area contributed by atoms with E-state index in [0.717, 1.165) is 59.1 Å². The fourth-order valence-corrected chi connectivity index (χ4v) is 5.76. The van der Waals surface area contributed by atoms with Gasteiger partial charge >= 0.3 is 5.97 Å². The summed E-state index contributed by atoms with van der Waals surface area (Å²) in [6, 6.07) is 20.7. The first-order valence-corrected chi connectivity index (χ1v) is 13.3. The highest BCUT2D eigenvalue weighted by molar-refractivity contribution is 5.99. The summed E-state index contributed by atoms with van der Waals surface area (Å²) in [5.41, 5.74) is 6.85. The molecule has 0 spiro atoms. The van der Waals surface area contributed by atoms with Crippen molar-refractivity contribution >= 4 is 29.2 Å². The quantitative estimate of drug-likeness (QED) is 0.302. The lowest BCUT2D eigenvalue weighted by molar-refractivity contribution is -0.119. The second-order valence-electron chi connectivity index (χ2n) is 10.4. The monoisotopic (exact) mass is 523 g/mol. The number of carboxylic acids is 1. The third kappa shape index (κ3) is 5.04. The smallest absolute Gasteiger partial charge is 0.336 e. The van der Waals surface area contributed by atoms with E-state index in [9.17, 15) is 19.5 Å². The van der Waals surface area contributed by atoms with Gasteiger partial charge in [-0.3, -0.25) is 9.59 Å². The molecule has 7 nitrogen and oxygen atoms in total. The van der Waals surface area contributed by atoms with Crippen molar-refractivity contribution in [2.45, 2.75) is 52.2 Å². The predicted molar refractivity (Wildman–Crippen MR) is 152 cm³/mol. The van der Waals surface area contributed by atoms with Crippen LogP contribution in [0.5, 0.6) is 0 Å². The Kier molecular flexibility index (Phi) is 7.24. The fourth-order valence-electron chi connectivity index (χ4n) is 5.76. The molecule has 7 heteroatoms. The molecular formula is C32H33N3O4. The lowest BCUT2D eigenvalue weighted by Gasteiger charge is -2.27. The molecule has 0 radical (unpaired) electrons. The van der Waals surface area contributed by atoms with E-state index < -0.39 is 5.97 Å². The van der Waals surface area contributed by atoms with Gasteiger partial charge < -0.3 is 19.9 Å². The largest absolute Gasteiger partial charge is 0.478 e. The number of aryl methyl sites for hydroxylation is 1. The maximum atomic E-state index is 13.1. The summed E-state index contributed by atoms with van der Waals surface area (Å²) in [4.78, 5) is 37.8. The minimum Gasteiger partial charge on any atom is -0.478 e. The van der Waals surface area contributed by atoms with Crippen LogP contribution in [0, 0.1) is 13.8 Å². The molecule has 0 unspecified atom stereocenters. The number of rotatable bonds is 8. The first-order valence-electron chi connectivity index (χ1n) is 13.3. The van der Waals surface area contributed by atoms with Gasteiger partial charge in [0.25, 0.3) is 5.91 Å². The molecule has 2 atom stereocenters. The van der Waals surface area contributed by atoms with Gasteiger partial charge in [0.1, 0.15) is 0 Å². The summed E-state index contributed by atoms with van der Waals surface area (Å²) < 4.78 is 2.25. The van der Waals surface area contributed by atoms with Crippen molar-refractivity contribution in [2.24, 2.45) is 0 Å². The van der Waals surface area contributed by atoms with Gasteiger partial charge in [0.2, 0.25) is 6.41 Å². The number of amides is 2. The first kappa shape index (κ1) is 26.2. The predicted octanol–water partition coefficient (Wildman–Crippen LogP) is 5.41. The van der Waals surface area contributed by atoms with E-state index in [1.807, 2.05) is 61.5 Å². The van der Waals surface area contributed by atoms with Crippen molar-refractivity contribution < 1.29 is 19.5 Å². The summed E-state index contributed by atoms with van der Waals surface area (Å²) in [5.74, 6) is -1.08. The third-order valence-electron chi connectivity index (χ3n) is 8.08. The van der Waals surface area contributed by atoms with Crippen LogP contribution in [-0.4, -0.2) is 51.5 Å². The van der Waals surface area contributed by atoms with E-state index in [0.29, 0.717) is 17.7 Å². The second kappa shape index (κ2) is 10.8. The van der Waals surface area contributed by atoms with Crippen LogP contribution < -0.4 is 5.32 Å². The Bertz CT molecular complexity index is 1550. The van der Waals surface area contributed by atoms with Crippen molar-refractivity contribution in [3.05, 3.63) is 94.7 Å². The molecule has 1 fully saturated rings. The van der Waals surface area contributed by atoms with Crippen LogP contribution in [0.4, 0.5) is 0 Å². The summed E-state index contributed by atoms with van der Waals surface area (Å²) in [6.07, 6.45) is 2.73. The zero-order valence-corrected chi connectivity index (χ0v) is 22.5. The Hall–Kier alpha value is -4.39. The molecule has 0 aliphatic carbocycles. The lowest BCUT2D eigenvalue weighted by atomic mass is 9.99. The molecular weight excluding hydrogens is 490 g/mol. The SMILES string of the molecule is Cc1c(C)n(Cc2ccc(-c3ccccc3C(=O)O)cc2)c2ccc(C(=O)N[C@@H](C)[C@H]3CCCN3C=O)cc12. The van der Waals surface area contributed by atoms with E-state index in [-0.39, 0.29) is 23.6 Å². The topological polar surface area (TPSA) is 91.6 Å². The van der Waals surface area contributed by atoms with Gasteiger partial charge in [-0.15, -0.1) is 0 Å². The molecule has 4 aromatic rings. The van der Waals surface area contributed by atoms with Crippen molar-refractivity contribution in [1.29, 1.82) is 0 Å². The molecule has 1 aliphatic rings. The standard InChI is InChI=1S/C32H33N3O4/c1-20-22(3)35(18-23-10-12-24(13-11-23)26-7-4-5-8-27(26)32(38)39)30-15-14-25(17-28(20)30)31(37)33-21(2)29-9-6-16-34(29)19-36/h4-5,7-8,10-15,17,19,21,29H,6,9,16,18H2,1-3H3,(H,33,37)(H,38,39)/t21-,29+/m0/s1.